The molecule has 2 aromatic carbocycles. The topological polar surface area (TPSA) is 108 Å². The van der Waals surface area contributed by atoms with Gasteiger partial charge in [0.25, 0.3) is 5.91 Å². The van der Waals surface area contributed by atoms with Gasteiger partial charge in [0.05, 0.1) is 22.8 Å². The van der Waals surface area contributed by atoms with E-state index in [0.717, 1.165) is 5.56 Å². The lowest BCUT2D eigenvalue weighted by Gasteiger charge is -2.19. The summed E-state index contributed by atoms with van der Waals surface area (Å²) in [5.74, 6) is -0.128. The van der Waals surface area contributed by atoms with Gasteiger partial charge in [-0.1, -0.05) is 41.9 Å². The second-order valence-electron chi connectivity index (χ2n) is 7.40. The van der Waals surface area contributed by atoms with E-state index < -0.39 is 11.9 Å². The van der Waals surface area contributed by atoms with E-state index in [-0.39, 0.29) is 11.4 Å². The van der Waals surface area contributed by atoms with E-state index in [1.54, 1.807) is 49.4 Å². The summed E-state index contributed by atoms with van der Waals surface area (Å²) < 4.78 is 10.9. The molecular formula is C25H17ClN4O4S. The number of fused-ring (bicyclic) bond motifs is 1. The van der Waals surface area contributed by atoms with E-state index in [2.05, 4.69) is 10.1 Å². The maximum Gasteiger partial charge on any atom is 0.338 e. The molecule has 174 valence electrons. The van der Waals surface area contributed by atoms with Gasteiger partial charge in [0, 0.05) is 11.1 Å². The Bertz CT molecular complexity index is 1460. The molecule has 0 spiro atoms. The van der Waals surface area contributed by atoms with Gasteiger partial charge in [-0.15, -0.1) is 0 Å². The highest BCUT2D eigenvalue weighted by Crippen LogP contribution is 2.33. The minimum Gasteiger partial charge on any atom is -0.462 e. The second-order valence-corrected chi connectivity index (χ2v) is 8.77. The first-order valence-corrected chi connectivity index (χ1v) is 11.8. The predicted octanol–water partition coefficient (Wildman–Crippen LogP) is 5.44. The number of halogens is 1. The van der Waals surface area contributed by atoms with Crippen LogP contribution in [0.2, 0.25) is 5.02 Å². The number of hydrazone groups is 1. The molecule has 0 atom stereocenters. The number of hydrogen-bond donors (Lipinski definition) is 1. The van der Waals surface area contributed by atoms with Crippen molar-refractivity contribution in [2.75, 3.05) is 6.61 Å². The highest BCUT2D eigenvalue weighted by Gasteiger charge is 2.36. The quantitative estimate of drug-likeness (QED) is 0.366. The fourth-order valence-electron chi connectivity index (χ4n) is 3.45. The van der Waals surface area contributed by atoms with Gasteiger partial charge >= 0.3 is 5.97 Å². The van der Waals surface area contributed by atoms with Crippen LogP contribution in [-0.2, 0) is 9.53 Å². The Morgan fingerprint density at radius 1 is 1.17 bits per heavy atom. The van der Waals surface area contributed by atoms with Gasteiger partial charge in [0.2, 0.25) is 5.17 Å². The molecule has 1 N–H and O–H groups in total. The normalized spacial score (nSPS) is 16.3. The number of furan rings is 1. The molecule has 2 aliphatic heterocycles. The maximum absolute atomic E-state index is 12.7. The summed E-state index contributed by atoms with van der Waals surface area (Å²) in [4.78, 5) is 28.6. The van der Waals surface area contributed by atoms with E-state index in [4.69, 9.17) is 26.2 Å². The summed E-state index contributed by atoms with van der Waals surface area (Å²) in [6, 6.07) is 17.5. The van der Waals surface area contributed by atoms with Gasteiger partial charge in [-0.05, 0) is 55.1 Å². The molecule has 0 bridgehead atoms. The fraction of sp³-hybridized carbons (Fsp3) is 0.0800. The zero-order valence-electron chi connectivity index (χ0n) is 18.3. The lowest BCUT2D eigenvalue weighted by Crippen LogP contribution is -2.35. The number of benzene rings is 2. The van der Waals surface area contributed by atoms with Crippen LogP contribution >= 0.6 is 23.4 Å². The number of hydrogen-bond acceptors (Lipinski definition) is 7. The number of thioether (sulfide) groups is 1. The van der Waals surface area contributed by atoms with E-state index in [1.807, 2.05) is 18.2 Å². The first-order chi connectivity index (χ1) is 16.9. The summed E-state index contributed by atoms with van der Waals surface area (Å²) in [5.41, 5.74) is 1.95. The van der Waals surface area contributed by atoms with Crippen molar-refractivity contribution in [3.05, 3.63) is 88.1 Å². The van der Waals surface area contributed by atoms with Gasteiger partial charge in [-0.2, -0.15) is 15.1 Å². The Kier molecular flexibility index (Phi) is 6.10. The van der Waals surface area contributed by atoms with Gasteiger partial charge in [-0.25, -0.2) is 4.79 Å². The van der Waals surface area contributed by atoms with Crippen molar-refractivity contribution in [3.63, 3.8) is 0 Å². The Hall–Kier alpha value is -3.95. The smallest absolute Gasteiger partial charge is 0.338 e. The minimum absolute atomic E-state index is 0.0528. The van der Waals surface area contributed by atoms with Crippen molar-refractivity contribution in [2.24, 2.45) is 10.1 Å². The van der Waals surface area contributed by atoms with Gasteiger partial charge in [0.15, 0.2) is 5.84 Å². The monoisotopic (exact) mass is 504 g/mol. The van der Waals surface area contributed by atoms with Crippen LogP contribution in [0.25, 0.3) is 17.4 Å². The Morgan fingerprint density at radius 3 is 2.69 bits per heavy atom. The van der Waals surface area contributed by atoms with Crippen molar-refractivity contribution in [3.8, 4) is 11.3 Å². The van der Waals surface area contributed by atoms with Crippen molar-refractivity contribution in [1.82, 2.24) is 5.01 Å². The Balaban J connectivity index is 1.39. The van der Waals surface area contributed by atoms with Gasteiger partial charge in [0.1, 0.15) is 16.6 Å². The summed E-state index contributed by atoms with van der Waals surface area (Å²) in [6.45, 7) is 2.06. The third-order valence-electron chi connectivity index (χ3n) is 5.15. The van der Waals surface area contributed by atoms with E-state index >= 15 is 0 Å². The van der Waals surface area contributed by atoms with Crippen LogP contribution in [-0.4, -0.2) is 39.5 Å². The van der Waals surface area contributed by atoms with Crippen LogP contribution in [0.15, 0.2) is 80.7 Å². The first kappa shape index (κ1) is 22.8. The van der Waals surface area contributed by atoms with Crippen LogP contribution in [0.3, 0.4) is 0 Å². The summed E-state index contributed by atoms with van der Waals surface area (Å²) >= 11 is 7.46. The maximum atomic E-state index is 12.7. The van der Waals surface area contributed by atoms with Crippen LogP contribution in [0.5, 0.6) is 0 Å². The number of nitrogens with one attached hydrogen (secondary N) is 1. The fourth-order valence-corrected chi connectivity index (χ4v) is 4.66. The largest absolute Gasteiger partial charge is 0.462 e. The average molecular weight is 505 g/mol. The number of nitrogens with zero attached hydrogens (tertiary/aromatic N) is 3. The van der Waals surface area contributed by atoms with Gasteiger partial charge < -0.3 is 9.15 Å². The molecule has 3 aromatic rings. The van der Waals surface area contributed by atoms with Crippen molar-refractivity contribution < 1.29 is 18.7 Å². The molecule has 10 heteroatoms. The van der Waals surface area contributed by atoms with Crippen molar-refractivity contribution >= 4 is 57.4 Å². The van der Waals surface area contributed by atoms with Crippen LogP contribution in [0, 0.1) is 5.41 Å². The summed E-state index contributed by atoms with van der Waals surface area (Å²) in [5, 5.41) is 15.7. The van der Waals surface area contributed by atoms with Crippen molar-refractivity contribution in [2.45, 2.75) is 6.92 Å². The number of ether oxygens (including phenoxy) is 1. The number of carbonyl (C=O) groups is 2. The number of aliphatic imine (C=N–C) groups is 1. The second kappa shape index (κ2) is 9.36. The molecule has 0 saturated carbocycles. The molecule has 3 heterocycles. The molecule has 1 aromatic heterocycles. The average Bonchev–Trinajstić information content (AvgIpc) is 3.50. The third-order valence-corrected chi connectivity index (χ3v) is 6.42. The lowest BCUT2D eigenvalue weighted by atomic mass is 10.1. The molecule has 0 fully saturated rings. The molecule has 2 aliphatic rings. The first-order valence-electron chi connectivity index (χ1n) is 10.6. The van der Waals surface area contributed by atoms with E-state index in [9.17, 15) is 9.59 Å². The highest BCUT2D eigenvalue weighted by atomic mass is 35.5. The molecule has 35 heavy (non-hydrogen) atoms. The molecule has 0 saturated heterocycles. The number of rotatable bonds is 5. The summed E-state index contributed by atoms with van der Waals surface area (Å²) in [6.07, 6.45) is 1.47. The number of carbonyl (C=O) groups excluding carboxylic acids is 2. The highest BCUT2D eigenvalue weighted by molar-refractivity contribution is 8.27. The molecule has 8 nitrogen and oxygen atoms in total. The predicted molar refractivity (Wildman–Crippen MR) is 136 cm³/mol. The molecule has 0 aliphatic carbocycles. The zero-order chi connectivity index (χ0) is 24.5. The molecule has 1 amide bonds. The number of esters is 1. The van der Waals surface area contributed by atoms with Crippen LogP contribution < -0.4 is 0 Å². The van der Waals surface area contributed by atoms with Crippen LogP contribution in [0.1, 0.15) is 28.6 Å². The Labute approximate surface area is 209 Å². The minimum atomic E-state index is -0.555. The van der Waals surface area contributed by atoms with E-state index in [1.165, 1.54) is 22.8 Å². The standard InChI is InChI=1S/C25H17ClN4O4S/c1-2-33-24(32)15-9-7-14(8-10-15)20-12-11-16(34-20)13-18-21(27)30-25(28-22(18)31)35-23(29-30)17-5-3-4-6-19(17)26/h3-13,27H,2H2,1H3/b18-13-,27-21?. The lowest BCUT2D eigenvalue weighted by molar-refractivity contribution is -0.114. The number of amides is 1. The number of amidine groups is 2. The molecule has 0 radical (unpaired) electrons. The Morgan fingerprint density at radius 2 is 1.94 bits per heavy atom. The van der Waals surface area contributed by atoms with Crippen LogP contribution in [0.4, 0.5) is 0 Å². The molecular weight excluding hydrogens is 488 g/mol. The summed E-state index contributed by atoms with van der Waals surface area (Å²) in [7, 11) is 0. The molecule has 0 unspecified atom stereocenters. The van der Waals surface area contributed by atoms with Crippen molar-refractivity contribution in [1.29, 1.82) is 5.41 Å². The molecule has 5 rings (SSSR count). The van der Waals surface area contributed by atoms with E-state index in [0.29, 0.717) is 44.5 Å². The van der Waals surface area contributed by atoms with Gasteiger partial charge in [-0.3, -0.25) is 10.2 Å². The third kappa shape index (κ3) is 4.43. The SMILES string of the molecule is CCOC(=O)c1ccc(-c2ccc(/C=C3/C(=N)N4N=C(c5ccccc5Cl)SC4=NC3=O)o2)cc1. The zero-order valence-corrected chi connectivity index (χ0v) is 19.9.